The monoisotopic (exact) mass is 372 g/mol. The quantitative estimate of drug-likeness (QED) is 0.861. The molecule has 1 fully saturated rings. The van der Waals surface area contributed by atoms with Crippen molar-refractivity contribution in [3.8, 4) is 5.75 Å². The molecule has 1 atom stereocenters. The molecular weight excluding hydrogens is 352 g/mol. The molecule has 6 heteroatoms. The molecule has 1 saturated heterocycles. The first-order chi connectivity index (χ1) is 12.5. The van der Waals surface area contributed by atoms with Crippen LogP contribution in [0.15, 0.2) is 42.5 Å². The van der Waals surface area contributed by atoms with E-state index in [4.69, 9.17) is 16.3 Å². The van der Waals surface area contributed by atoms with E-state index in [1.54, 1.807) is 23.1 Å². The largest absolute Gasteiger partial charge is 0.492 e. The topological polar surface area (TPSA) is 58.6 Å². The van der Waals surface area contributed by atoms with Gasteiger partial charge in [-0.3, -0.25) is 9.59 Å². The molecule has 0 bridgehead atoms. The van der Waals surface area contributed by atoms with Crippen molar-refractivity contribution in [2.75, 3.05) is 23.4 Å². The SMILES string of the molecule is CCOc1ccccc1NC(=O)C1CC(=O)N(c2ccc(C)c(Cl)c2)C1. The molecule has 1 aliphatic rings. The summed E-state index contributed by atoms with van der Waals surface area (Å²) >= 11 is 6.16. The van der Waals surface area contributed by atoms with E-state index >= 15 is 0 Å². The van der Waals surface area contributed by atoms with Crippen LogP contribution in [0.25, 0.3) is 0 Å². The zero-order valence-electron chi connectivity index (χ0n) is 14.8. The number of nitrogens with one attached hydrogen (secondary N) is 1. The summed E-state index contributed by atoms with van der Waals surface area (Å²) in [7, 11) is 0. The van der Waals surface area contributed by atoms with Gasteiger partial charge in [-0.05, 0) is 43.7 Å². The Hall–Kier alpha value is -2.53. The molecular formula is C20H21ClN2O3. The molecule has 3 rings (SSSR count). The van der Waals surface area contributed by atoms with Gasteiger partial charge in [0.15, 0.2) is 0 Å². The highest BCUT2D eigenvalue weighted by Gasteiger charge is 2.35. The number of carbonyl (C=O) groups excluding carboxylic acids is 2. The molecule has 1 aliphatic heterocycles. The summed E-state index contributed by atoms with van der Waals surface area (Å²) in [6.07, 6.45) is 0.175. The summed E-state index contributed by atoms with van der Waals surface area (Å²) in [6.45, 7) is 4.64. The Labute approximate surface area is 157 Å². The van der Waals surface area contributed by atoms with Crippen molar-refractivity contribution in [3.05, 3.63) is 53.1 Å². The van der Waals surface area contributed by atoms with Gasteiger partial charge in [-0.15, -0.1) is 0 Å². The van der Waals surface area contributed by atoms with E-state index in [-0.39, 0.29) is 18.2 Å². The molecule has 2 aromatic carbocycles. The Morgan fingerprint density at radius 3 is 2.81 bits per heavy atom. The summed E-state index contributed by atoms with van der Waals surface area (Å²) in [5.41, 5.74) is 2.28. The van der Waals surface area contributed by atoms with Crippen molar-refractivity contribution in [3.63, 3.8) is 0 Å². The minimum atomic E-state index is -0.419. The van der Waals surface area contributed by atoms with Crippen LogP contribution in [0.3, 0.4) is 0 Å². The summed E-state index contributed by atoms with van der Waals surface area (Å²) < 4.78 is 5.53. The number of benzene rings is 2. The van der Waals surface area contributed by atoms with Crippen molar-refractivity contribution in [1.82, 2.24) is 0 Å². The van der Waals surface area contributed by atoms with Crippen LogP contribution in [-0.4, -0.2) is 25.0 Å². The van der Waals surface area contributed by atoms with Gasteiger partial charge in [0, 0.05) is 23.7 Å². The van der Waals surface area contributed by atoms with Crippen LogP contribution in [0.5, 0.6) is 5.75 Å². The van der Waals surface area contributed by atoms with Gasteiger partial charge in [0.25, 0.3) is 0 Å². The van der Waals surface area contributed by atoms with Crippen LogP contribution in [0.2, 0.25) is 5.02 Å². The highest BCUT2D eigenvalue weighted by Crippen LogP contribution is 2.30. The molecule has 26 heavy (non-hydrogen) atoms. The fourth-order valence-electron chi connectivity index (χ4n) is 2.97. The van der Waals surface area contributed by atoms with Gasteiger partial charge in [-0.25, -0.2) is 0 Å². The third-order valence-electron chi connectivity index (χ3n) is 4.41. The normalized spacial score (nSPS) is 16.7. The standard InChI is InChI=1S/C20H21ClN2O3/c1-3-26-18-7-5-4-6-17(18)22-20(25)14-10-19(24)23(12-14)15-9-8-13(2)16(21)11-15/h4-9,11,14H,3,10,12H2,1-2H3,(H,22,25). The smallest absolute Gasteiger partial charge is 0.229 e. The lowest BCUT2D eigenvalue weighted by Gasteiger charge is -2.18. The Morgan fingerprint density at radius 2 is 2.08 bits per heavy atom. The molecule has 136 valence electrons. The summed E-state index contributed by atoms with van der Waals surface area (Å²) in [4.78, 5) is 26.6. The average molecular weight is 373 g/mol. The summed E-state index contributed by atoms with van der Waals surface area (Å²) in [6, 6.07) is 12.8. The molecule has 0 spiro atoms. The van der Waals surface area contributed by atoms with Crippen LogP contribution in [-0.2, 0) is 9.59 Å². The minimum Gasteiger partial charge on any atom is -0.492 e. The zero-order chi connectivity index (χ0) is 18.7. The summed E-state index contributed by atoms with van der Waals surface area (Å²) in [5, 5.41) is 3.49. The number of nitrogens with zero attached hydrogens (tertiary/aromatic N) is 1. The number of anilines is 2. The lowest BCUT2D eigenvalue weighted by atomic mass is 10.1. The minimum absolute atomic E-state index is 0.0804. The molecule has 5 nitrogen and oxygen atoms in total. The van der Waals surface area contributed by atoms with Crippen molar-refractivity contribution < 1.29 is 14.3 Å². The van der Waals surface area contributed by atoms with E-state index in [1.807, 2.05) is 38.1 Å². The maximum atomic E-state index is 12.6. The van der Waals surface area contributed by atoms with Crippen molar-refractivity contribution in [1.29, 1.82) is 0 Å². The van der Waals surface area contributed by atoms with Crippen LogP contribution in [0, 0.1) is 12.8 Å². The van der Waals surface area contributed by atoms with Gasteiger partial charge < -0.3 is 15.0 Å². The van der Waals surface area contributed by atoms with E-state index in [2.05, 4.69) is 5.32 Å². The first-order valence-corrected chi connectivity index (χ1v) is 8.96. The fraction of sp³-hybridized carbons (Fsp3) is 0.300. The van der Waals surface area contributed by atoms with E-state index in [0.717, 1.165) is 11.3 Å². The van der Waals surface area contributed by atoms with E-state index in [0.29, 0.717) is 29.6 Å². The Kier molecular flexibility index (Phi) is 5.47. The van der Waals surface area contributed by atoms with Crippen LogP contribution in [0.4, 0.5) is 11.4 Å². The molecule has 2 amide bonds. The molecule has 1 heterocycles. The predicted molar refractivity (Wildman–Crippen MR) is 103 cm³/mol. The van der Waals surface area contributed by atoms with Gasteiger partial charge in [-0.2, -0.15) is 0 Å². The zero-order valence-corrected chi connectivity index (χ0v) is 15.5. The number of hydrogen-bond donors (Lipinski definition) is 1. The van der Waals surface area contributed by atoms with Crippen molar-refractivity contribution >= 4 is 34.8 Å². The van der Waals surface area contributed by atoms with Gasteiger partial charge in [-0.1, -0.05) is 29.8 Å². The van der Waals surface area contributed by atoms with Gasteiger partial charge in [0.05, 0.1) is 18.2 Å². The Bertz CT molecular complexity index is 838. The second-order valence-electron chi connectivity index (χ2n) is 6.26. The first-order valence-electron chi connectivity index (χ1n) is 8.58. The maximum absolute atomic E-state index is 12.6. The van der Waals surface area contributed by atoms with Gasteiger partial charge >= 0.3 is 0 Å². The number of carbonyl (C=O) groups is 2. The molecule has 0 saturated carbocycles. The van der Waals surface area contributed by atoms with E-state index in [9.17, 15) is 9.59 Å². The lowest BCUT2D eigenvalue weighted by Crippen LogP contribution is -2.28. The molecule has 0 aliphatic carbocycles. The maximum Gasteiger partial charge on any atom is 0.229 e. The Morgan fingerprint density at radius 1 is 1.31 bits per heavy atom. The third kappa shape index (κ3) is 3.83. The van der Waals surface area contributed by atoms with Crippen molar-refractivity contribution in [2.45, 2.75) is 20.3 Å². The van der Waals surface area contributed by atoms with Crippen LogP contribution in [0.1, 0.15) is 18.9 Å². The number of amides is 2. The van der Waals surface area contributed by atoms with Gasteiger partial charge in [0.1, 0.15) is 5.75 Å². The first kappa shape index (κ1) is 18.3. The number of hydrogen-bond acceptors (Lipinski definition) is 3. The summed E-state index contributed by atoms with van der Waals surface area (Å²) in [5.74, 6) is -0.0681. The lowest BCUT2D eigenvalue weighted by molar-refractivity contribution is -0.122. The molecule has 1 N–H and O–H groups in total. The highest BCUT2D eigenvalue weighted by molar-refractivity contribution is 6.31. The van der Waals surface area contributed by atoms with E-state index < -0.39 is 5.92 Å². The predicted octanol–water partition coefficient (Wildman–Crippen LogP) is 4.04. The van der Waals surface area contributed by atoms with Gasteiger partial charge in [0.2, 0.25) is 11.8 Å². The van der Waals surface area contributed by atoms with Crippen LogP contribution >= 0.6 is 11.6 Å². The molecule has 0 radical (unpaired) electrons. The fourth-order valence-corrected chi connectivity index (χ4v) is 3.14. The molecule has 0 aromatic heterocycles. The Balaban J connectivity index is 1.72. The third-order valence-corrected chi connectivity index (χ3v) is 4.81. The number of para-hydroxylation sites is 2. The number of aryl methyl sites for hydroxylation is 1. The number of rotatable bonds is 5. The second-order valence-corrected chi connectivity index (χ2v) is 6.66. The highest BCUT2D eigenvalue weighted by atomic mass is 35.5. The van der Waals surface area contributed by atoms with Crippen LogP contribution < -0.4 is 15.0 Å². The average Bonchev–Trinajstić information content (AvgIpc) is 3.01. The molecule has 2 aromatic rings. The van der Waals surface area contributed by atoms with Crippen molar-refractivity contribution in [2.24, 2.45) is 5.92 Å². The number of ether oxygens (including phenoxy) is 1. The molecule has 1 unspecified atom stereocenters. The van der Waals surface area contributed by atoms with E-state index in [1.165, 1.54) is 0 Å². The second kappa shape index (κ2) is 7.79. The number of halogens is 1.